The maximum atomic E-state index is 11.2. The lowest BCUT2D eigenvalue weighted by molar-refractivity contribution is -0.117. The molecule has 0 aliphatic heterocycles. The largest absolute Gasteiger partial charge is 0.347 e. The maximum Gasteiger partial charge on any atom is 0.252 e. The SMILES string of the molecule is CCC(C)=C=CC(=O)NC(C)(C)C. The third-order valence-electron chi connectivity index (χ3n) is 1.48. The molecule has 0 spiro atoms. The molecule has 0 rings (SSSR count). The predicted octanol–water partition coefficient (Wildman–Crippen LogP) is 2.41. The minimum absolute atomic E-state index is 0.0831. The molecule has 1 N–H and O–H groups in total. The molecule has 1 amide bonds. The Kier molecular flexibility index (Phi) is 4.50. The summed E-state index contributed by atoms with van der Waals surface area (Å²) in [5, 5.41) is 2.83. The molecule has 0 saturated heterocycles. The Balaban J connectivity index is 4.25. The van der Waals surface area contributed by atoms with Crippen LogP contribution in [0, 0.1) is 0 Å². The van der Waals surface area contributed by atoms with Crippen molar-refractivity contribution in [3.8, 4) is 0 Å². The van der Waals surface area contributed by atoms with E-state index in [9.17, 15) is 4.79 Å². The van der Waals surface area contributed by atoms with Gasteiger partial charge in [0.25, 0.3) is 5.91 Å². The van der Waals surface area contributed by atoms with Crippen LogP contribution in [0.5, 0.6) is 0 Å². The van der Waals surface area contributed by atoms with Crippen LogP contribution < -0.4 is 5.32 Å². The fourth-order valence-electron chi connectivity index (χ4n) is 0.696. The van der Waals surface area contributed by atoms with Gasteiger partial charge in [-0.05, 0) is 39.7 Å². The topological polar surface area (TPSA) is 29.1 Å². The molecule has 0 aliphatic carbocycles. The Morgan fingerprint density at radius 1 is 1.46 bits per heavy atom. The summed E-state index contributed by atoms with van der Waals surface area (Å²) in [4.78, 5) is 11.2. The van der Waals surface area contributed by atoms with Crippen molar-refractivity contribution in [2.75, 3.05) is 0 Å². The Labute approximate surface area is 80.7 Å². The number of hydrogen-bond donors (Lipinski definition) is 1. The minimum atomic E-state index is -0.171. The van der Waals surface area contributed by atoms with E-state index >= 15 is 0 Å². The van der Waals surface area contributed by atoms with E-state index in [-0.39, 0.29) is 11.4 Å². The standard InChI is InChI=1S/C11H19NO/c1-6-9(2)7-8-10(13)12-11(3,4)5/h8H,6H2,1-5H3,(H,12,13). The third-order valence-corrected chi connectivity index (χ3v) is 1.48. The average molecular weight is 181 g/mol. The van der Waals surface area contributed by atoms with Crippen molar-refractivity contribution in [3.05, 3.63) is 17.4 Å². The Morgan fingerprint density at radius 3 is 2.38 bits per heavy atom. The second kappa shape index (κ2) is 4.88. The van der Waals surface area contributed by atoms with Gasteiger partial charge in [-0.25, -0.2) is 0 Å². The highest BCUT2D eigenvalue weighted by atomic mass is 16.1. The van der Waals surface area contributed by atoms with Crippen LogP contribution in [-0.4, -0.2) is 11.4 Å². The van der Waals surface area contributed by atoms with E-state index in [1.54, 1.807) is 0 Å². The molecular weight excluding hydrogens is 162 g/mol. The second-order valence-corrected chi connectivity index (χ2v) is 4.16. The molecule has 0 aliphatic rings. The van der Waals surface area contributed by atoms with Gasteiger partial charge in [-0.2, -0.15) is 0 Å². The van der Waals surface area contributed by atoms with Crippen molar-refractivity contribution in [1.82, 2.24) is 5.32 Å². The van der Waals surface area contributed by atoms with Crippen LogP contribution in [0.2, 0.25) is 0 Å². The summed E-state index contributed by atoms with van der Waals surface area (Å²) in [6.45, 7) is 9.86. The molecule has 2 heteroatoms. The monoisotopic (exact) mass is 181 g/mol. The van der Waals surface area contributed by atoms with Gasteiger partial charge in [-0.3, -0.25) is 4.79 Å². The van der Waals surface area contributed by atoms with Gasteiger partial charge >= 0.3 is 0 Å². The Bertz CT molecular complexity index is 239. The number of hydrogen-bond acceptors (Lipinski definition) is 1. The zero-order valence-electron chi connectivity index (χ0n) is 9.19. The summed E-state index contributed by atoms with van der Waals surface area (Å²) >= 11 is 0. The summed E-state index contributed by atoms with van der Waals surface area (Å²) in [5.41, 5.74) is 3.85. The summed E-state index contributed by atoms with van der Waals surface area (Å²) in [5.74, 6) is -0.0831. The van der Waals surface area contributed by atoms with Crippen molar-refractivity contribution < 1.29 is 4.79 Å². The van der Waals surface area contributed by atoms with Gasteiger partial charge in [0.1, 0.15) is 0 Å². The molecular formula is C11H19NO. The molecule has 0 saturated carbocycles. The fourth-order valence-corrected chi connectivity index (χ4v) is 0.696. The van der Waals surface area contributed by atoms with Gasteiger partial charge in [0.05, 0.1) is 0 Å². The smallest absolute Gasteiger partial charge is 0.252 e. The highest BCUT2D eigenvalue weighted by Crippen LogP contribution is 1.98. The zero-order valence-corrected chi connectivity index (χ0v) is 9.19. The fraction of sp³-hybridized carbons (Fsp3) is 0.636. The first-order valence-electron chi connectivity index (χ1n) is 4.59. The van der Waals surface area contributed by atoms with Crippen LogP contribution in [0.25, 0.3) is 0 Å². The minimum Gasteiger partial charge on any atom is -0.347 e. The van der Waals surface area contributed by atoms with Gasteiger partial charge < -0.3 is 5.32 Å². The first kappa shape index (κ1) is 12.0. The van der Waals surface area contributed by atoms with E-state index in [0.717, 1.165) is 12.0 Å². The van der Waals surface area contributed by atoms with Crippen molar-refractivity contribution in [3.63, 3.8) is 0 Å². The van der Waals surface area contributed by atoms with Crippen LogP contribution in [0.1, 0.15) is 41.0 Å². The van der Waals surface area contributed by atoms with Crippen molar-refractivity contribution in [1.29, 1.82) is 0 Å². The van der Waals surface area contributed by atoms with E-state index in [1.807, 2.05) is 34.6 Å². The van der Waals surface area contributed by atoms with Crippen LogP contribution >= 0.6 is 0 Å². The van der Waals surface area contributed by atoms with Gasteiger partial charge in [0.2, 0.25) is 0 Å². The summed E-state index contributed by atoms with van der Waals surface area (Å²) in [7, 11) is 0. The molecule has 0 bridgehead atoms. The summed E-state index contributed by atoms with van der Waals surface area (Å²) < 4.78 is 0. The Hall–Kier alpha value is -1.01. The van der Waals surface area contributed by atoms with Crippen LogP contribution in [-0.2, 0) is 4.79 Å². The average Bonchev–Trinajstić information content (AvgIpc) is 1.97. The molecule has 0 fully saturated rings. The molecule has 0 radical (unpaired) electrons. The van der Waals surface area contributed by atoms with Crippen molar-refractivity contribution in [2.24, 2.45) is 0 Å². The lowest BCUT2D eigenvalue weighted by atomic mass is 10.1. The molecule has 0 aromatic rings. The first-order chi connectivity index (χ1) is 5.85. The number of carbonyl (C=O) groups is 1. The molecule has 0 aromatic carbocycles. The van der Waals surface area contributed by atoms with E-state index in [4.69, 9.17) is 0 Å². The lowest BCUT2D eigenvalue weighted by Gasteiger charge is -2.18. The van der Waals surface area contributed by atoms with E-state index in [1.165, 1.54) is 6.08 Å². The maximum absolute atomic E-state index is 11.2. The van der Waals surface area contributed by atoms with Crippen molar-refractivity contribution in [2.45, 2.75) is 46.6 Å². The van der Waals surface area contributed by atoms with Crippen LogP contribution in [0.4, 0.5) is 0 Å². The number of amides is 1. The molecule has 0 atom stereocenters. The van der Waals surface area contributed by atoms with E-state index in [2.05, 4.69) is 11.0 Å². The highest BCUT2D eigenvalue weighted by Gasteiger charge is 2.10. The van der Waals surface area contributed by atoms with Crippen molar-refractivity contribution >= 4 is 5.91 Å². The molecule has 74 valence electrons. The zero-order chi connectivity index (χ0) is 10.5. The molecule has 0 aromatic heterocycles. The van der Waals surface area contributed by atoms with Crippen LogP contribution in [0.15, 0.2) is 17.4 Å². The molecule has 13 heavy (non-hydrogen) atoms. The lowest BCUT2D eigenvalue weighted by Crippen LogP contribution is -2.39. The van der Waals surface area contributed by atoms with Gasteiger partial charge in [0.15, 0.2) is 0 Å². The van der Waals surface area contributed by atoms with Gasteiger partial charge in [-0.1, -0.05) is 6.92 Å². The van der Waals surface area contributed by atoms with Gasteiger partial charge in [-0.15, -0.1) is 5.73 Å². The highest BCUT2D eigenvalue weighted by molar-refractivity contribution is 5.87. The number of rotatable bonds is 2. The molecule has 2 nitrogen and oxygen atoms in total. The predicted molar refractivity (Wildman–Crippen MR) is 55.5 cm³/mol. The third kappa shape index (κ3) is 7.35. The number of carbonyl (C=O) groups excluding carboxylic acids is 1. The van der Waals surface area contributed by atoms with Gasteiger partial charge in [0, 0.05) is 11.6 Å². The second-order valence-electron chi connectivity index (χ2n) is 4.16. The molecule has 0 unspecified atom stereocenters. The number of nitrogens with one attached hydrogen (secondary N) is 1. The van der Waals surface area contributed by atoms with E-state index < -0.39 is 0 Å². The summed E-state index contributed by atoms with van der Waals surface area (Å²) in [6.07, 6.45) is 2.39. The van der Waals surface area contributed by atoms with Crippen LogP contribution in [0.3, 0.4) is 0 Å². The first-order valence-corrected chi connectivity index (χ1v) is 4.59. The molecule has 0 heterocycles. The Morgan fingerprint density at radius 2 is 2.00 bits per heavy atom. The normalized spacial score (nSPS) is 10.2. The summed E-state index contributed by atoms with van der Waals surface area (Å²) in [6, 6.07) is 0. The quantitative estimate of drug-likeness (QED) is 0.514. The van der Waals surface area contributed by atoms with E-state index in [0.29, 0.717) is 0 Å².